The second-order valence-corrected chi connectivity index (χ2v) is 8.24. The highest BCUT2D eigenvalue weighted by atomic mass is 16.5. The zero-order valence-electron chi connectivity index (χ0n) is 21.8. The maximum Gasteiger partial charge on any atom is 0.340 e. The number of methoxy groups -OCH3 is 1. The molecule has 3 amide bonds. The lowest BCUT2D eigenvalue weighted by Gasteiger charge is -2.18. The van der Waals surface area contributed by atoms with Crippen LogP contribution in [-0.4, -0.2) is 38.2 Å². The van der Waals surface area contributed by atoms with Crippen LogP contribution >= 0.6 is 0 Å². The van der Waals surface area contributed by atoms with Gasteiger partial charge in [0.25, 0.3) is 0 Å². The van der Waals surface area contributed by atoms with Gasteiger partial charge in [-0.1, -0.05) is 12.1 Å². The first kappa shape index (κ1) is 27.9. The molecule has 200 valence electrons. The fourth-order valence-electron chi connectivity index (χ4n) is 3.58. The molecule has 5 N–H and O–H groups in total. The van der Waals surface area contributed by atoms with Crippen molar-refractivity contribution in [3.8, 4) is 11.5 Å². The van der Waals surface area contributed by atoms with Crippen LogP contribution in [0.25, 0.3) is 0 Å². The number of ether oxygens (including phenoxy) is 3. The Kier molecular flexibility index (Phi) is 9.53. The van der Waals surface area contributed by atoms with Gasteiger partial charge in [-0.25, -0.2) is 9.59 Å². The van der Waals surface area contributed by atoms with Crippen molar-refractivity contribution in [1.29, 1.82) is 0 Å². The smallest absolute Gasteiger partial charge is 0.340 e. The number of nitrogens with two attached hydrogens (primary N) is 1. The Morgan fingerprint density at radius 3 is 2.00 bits per heavy atom. The molecule has 0 heterocycles. The van der Waals surface area contributed by atoms with Crippen LogP contribution in [0, 0.1) is 0 Å². The van der Waals surface area contributed by atoms with Gasteiger partial charge >= 0.3 is 12.0 Å². The van der Waals surface area contributed by atoms with Crippen LogP contribution in [0.3, 0.4) is 0 Å². The Morgan fingerprint density at radius 2 is 1.45 bits per heavy atom. The molecular weight excluding hydrogens is 488 g/mol. The number of benzene rings is 3. The van der Waals surface area contributed by atoms with E-state index in [0.717, 1.165) is 0 Å². The van der Waals surface area contributed by atoms with E-state index < -0.39 is 17.9 Å². The van der Waals surface area contributed by atoms with Crippen molar-refractivity contribution >= 4 is 40.7 Å². The summed E-state index contributed by atoms with van der Waals surface area (Å²) in [5, 5.41) is 8.27. The molecule has 0 spiro atoms. The van der Waals surface area contributed by atoms with Crippen LogP contribution in [0.4, 0.5) is 27.5 Å². The summed E-state index contributed by atoms with van der Waals surface area (Å²) >= 11 is 0. The molecule has 0 aromatic heterocycles. The highest BCUT2D eigenvalue weighted by Gasteiger charge is 2.22. The largest absolute Gasteiger partial charge is 0.493 e. The average Bonchev–Trinajstić information content (AvgIpc) is 2.90. The van der Waals surface area contributed by atoms with E-state index in [1.165, 1.54) is 13.2 Å². The van der Waals surface area contributed by atoms with E-state index >= 15 is 0 Å². The van der Waals surface area contributed by atoms with E-state index in [1.807, 2.05) is 6.92 Å². The van der Waals surface area contributed by atoms with Gasteiger partial charge in [-0.05, 0) is 62.7 Å². The predicted octanol–water partition coefficient (Wildman–Crippen LogP) is 5.24. The summed E-state index contributed by atoms with van der Waals surface area (Å²) in [6.07, 6.45) is 0. The zero-order valence-corrected chi connectivity index (χ0v) is 21.8. The van der Waals surface area contributed by atoms with Gasteiger partial charge < -0.3 is 35.9 Å². The van der Waals surface area contributed by atoms with Crippen molar-refractivity contribution < 1.29 is 28.6 Å². The Bertz CT molecular complexity index is 1280. The summed E-state index contributed by atoms with van der Waals surface area (Å²) in [4.78, 5) is 38.0. The van der Waals surface area contributed by atoms with E-state index in [0.29, 0.717) is 40.7 Å². The summed E-state index contributed by atoms with van der Waals surface area (Å²) < 4.78 is 16.1. The van der Waals surface area contributed by atoms with Crippen molar-refractivity contribution in [2.24, 2.45) is 0 Å². The Morgan fingerprint density at radius 1 is 0.842 bits per heavy atom. The van der Waals surface area contributed by atoms with Crippen molar-refractivity contribution in [3.05, 3.63) is 71.8 Å². The summed E-state index contributed by atoms with van der Waals surface area (Å²) in [6, 6.07) is 16.3. The van der Waals surface area contributed by atoms with Gasteiger partial charge in [0.2, 0.25) is 5.91 Å². The third kappa shape index (κ3) is 7.16. The second-order valence-electron chi connectivity index (χ2n) is 8.24. The number of hydrogen-bond donors (Lipinski definition) is 4. The minimum absolute atomic E-state index is 0.152. The van der Waals surface area contributed by atoms with Crippen LogP contribution in [0.2, 0.25) is 0 Å². The molecule has 0 fully saturated rings. The molecule has 10 heteroatoms. The lowest BCUT2D eigenvalue weighted by atomic mass is 9.99. The highest BCUT2D eigenvalue weighted by Crippen LogP contribution is 2.35. The Labute approximate surface area is 221 Å². The highest BCUT2D eigenvalue weighted by molar-refractivity contribution is 6.04. The SMILES string of the molecule is CCOC(=O)c1cc(OC)c(OCC)cc1NC(=O)C(C)c1ccc(NC(=O)Nc2ccc(N)cc2)cc1. The van der Waals surface area contributed by atoms with Gasteiger partial charge in [0, 0.05) is 29.2 Å². The van der Waals surface area contributed by atoms with Gasteiger partial charge in [0.1, 0.15) is 0 Å². The van der Waals surface area contributed by atoms with Gasteiger partial charge in [0.05, 0.1) is 37.5 Å². The van der Waals surface area contributed by atoms with E-state index in [4.69, 9.17) is 19.9 Å². The lowest BCUT2D eigenvalue weighted by molar-refractivity contribution is -0.117. The van der Waals surface area contributed by atoms with Crippen molar-refractivity contribution in [2.75, 3.05) is 42.0 Å². The topological polar surface area (TPSA) is 141 Å². The third-order valence-electron chi connectivity index (χ3n) is 5.59. The molecule has 0 aliphatic rings. The van der Waals surface area contributed by atoms with E-state index in [9.17, 15) is 14.4 Å². The van der Waals surface area contributed by atoms with Crippen molar-refractivity contribution in [1.82, 2.24) is 0 Å². The number of carbonyl (C=O) groups is 3. The summed E-state index contributed by atoms with van der Waals surface area (Å²) in [5.74, 6) is -0.766. The minimum atomic E-state index is -0.593. The quantitative estimate of drug-likeness (QED) is 0.212. The number of hydrogen-bond acceptors (Lipinski definition) is 7. The lowest BCUT2D eigenvalue weighted by Crippen LogP contribution is -2.21. The molecule has 10 nitrogen and oxygen atoms in total. The average molecular weight is 521 g/mol. The number of urea groups is 1. The number of nitrogens with one attached hydrogen (secondary N) is 3. The summed E-state index contributed by atoms with van der Waals surface area (Å²) in [7, 11) is 1.47. The predicted molar refractivity (Wildman–Crippen MR) is 147 cm³/mol. The molecule has 38 heavy (non-hydrogen) atoms. The molecule has 0 radical (unpaired) electrons. The molecule has 3 aromatic rings. The van der Waals surface area contributed by atoms with E-state index in [-0.39, 0.29) is 23.8 Å². The molecule has 1 unspecified atom stereocenters. The van der Waals surface area contributed by atoms with Crippen LogP contribution in [-0.2, 0) is 9.53 Å². The molecule has 3 aromatic carbocycles. The Balaban J connectivity index is 1.72. The van der Waals surface area contributed by atoms with Crippen molar-refractivity contribution in [2.45, 2.75) is 26.7 Å². The molecule has 3 rings (SSSR count). The van der Waals surface area contributed by atoms with E-state index in [1.54, 1.807) is 68.4 Å². The number of rotatable bonds is 10. The molecular formula is C28H32N4O6. The van der Waals surface area contributed by atoms with Gasteiger partial charge in [-0.3, -0.25) is 4.79 Å². The molecule has 0 aliphatic heterocycles. The number of nitrogen functional groups attached to an aromatic ring is 1. The third-order valence-corrected chi connectivity index (χ3v) is 5.59. The van der Waals surface area contributed by atoms with Gasteiger partial charge in [-0.15, -0.1) is 0 Å². The maximum atomic E-state index is 13.1. The van der Waals surface area contributed by atoms with Crippen molar-refractivity contribution in [3.63, 3.8) is 0 Å². The molecule has 1 atom stereocenters. The van der Waals surface area contributed by atoms with Crippen LogP contribution in [0.15, 0.2) is 60.7 Å². The normalized spacial score (nSPS) is 11.2. The van der Waals surface area contributed by atoms with Crippen LogP contribution in [0.5, 0.6) is 11.5 Å². The first-order valence-corrected chi connectivity index (χ1v) is 12.1. The first-order chi connectivity index (χ1) is 18.2. The van der Waals surface area contributed by atoms with Crippen LogP contribution < -0.4 is 31.2 Å². The summed E-state index contributed by atoms with van der Waals surface area (Å²) in [5.41, 5.74) is 8.53. The molecule has 0 saturated carbocycles. The van der Waals surface area contributed by atoms with Gasteiger partial charge in [-0.2, -0.15) is 0 Å². The minimum Gasteiger partial charge on any atom is -0.493 e. The van der Waals surface area contributed by atoms with Gasteiger partial charge in [0.15, 0.2) is 11.5 Å². The summed E-state index contributed by atoms with van der Waals surface area (Å²) in [6.45, 7) is 5.81. The molecule has 0 aliphatic carbocycles. The zero-order chi connectivity index (χ0) is 27.7. The number of amides is 3. The van der Waals surface area contributed by atoms with Crippen LogP contribution in [0.1, 0.15) is 42.6 Å². The second kappa shape index (κ2) is 13.0. The molecule has 0 saturated heterocycles. The first-order valence-electron chi connectivity index (χ1n) is 12.1. The van der Waals surface area contributed by atoms with E-state index in [2.05, 4.69) is 16.0 Å². The number of anilines is 4. The number of esters is 1. The fourth-order valence-corrected chi connectivity index (χ4v) is 3.58. The maximum absolute atomic E-state index is 13.1. The number of carbonyl (C=O) groups excluding carboxylic acids is 3. The fraction of sp³-hybridized carbons (Fsp3) is 0.250. The standard InChI is InChI=1S/C28H32N4O6/c1-5-37-25-16-23(22(15-24(25)36-4)27(34)38-6-2)32-26(33)17(3)18-7-11-20(12-8-18)30-28(35)31-21-13-9-19(29)10-14-21/h7-17H,5-6,29H2,1-4H3,(H,32,33)(H2,30,31,35). The Hall–Kier alpha value is -4.73. The molecule has 0 bridgehead atoms. The monoisotopic (exact) mass is 520 g/mol.